The Balaban J connectivity index is 0.00000324. The van der Waals surface area contributed by atoms with E-state index in [-0.39, 0.29) is 33.9 Å². The van der Waals surface area contributed by atoms with Crippen molar-refractivity contribution in [3.63, 3.8) is 0 Å². The Labute approximate surface area is 134 Å². The first-order chi connectivity index (χ1) is 7.99. The van der Waals surface area contributed by atoms with Gasteiger partial charge >= 0.3 is 29.6 Å². The van der Waals surface area contributed by atoms with Crippen LogP contribution in [-0.2, 0) is 24.7 Å². The number of hydrogen-bond acceptors (Lipinski definition) is 6. The van der Waals surface area contributed by atoms with Gasteiger partial charge in [0.2, 0.25) is 6.41 Å². The standard InChI is InChI=1S/C9H16N2O6S.Na/c1-6-7(8(13)11(6)18(14,15)16)10(5-12)17-9(2,3)4;/h5-7H,1-4H3,(H,14,15,16);/q;+1/p-1/t6?,7-;/m0./s1. The first kappa shape index (κ1) is 18.8. The van der Waals surface area contributed by atoms with Crippen molar-refractivity contribution in [3.05, 3.63) is 0 Å². The molecule has 1 heterocycles. The Morgan fingerprint density at radius 2 is 1.89 bits per heavy atom. The Kier molecular flexibility index (Phi) is 6.00. The van der Waals surface area contributed by atoms with Gasteiger partial charge in [-0.2, -0.15) is 0 Å². The minimum atomic E-state index is -4.85. The van der Waals surface area contributed by atoms with Crippen molar-refractivity contribution in [1.82, 2.24) is 9.37 Å². The maximum absolute atomic E-state index is 11.6. The maximum Gasteiger partial charge on any atom is 1.00 e. The Morgan fingerprint density at radius 3 is 2.16 bits per heavy atom. The molecule has 2 atom stereocenters. The summed E-state index contributed by atoms with van der Waals surface area (Å²) < 4.78 is 32.5. The first-order valence-electron chi connectivity index (χ1n) is 5.21. The van der Waals surface area contributed by atoms with E-state index in [2.05, 4.69) is 0 Å². The Bertz CT molecular complexity index is 460. The SMILES string of the molecule is CC1[C@H](N(C=O)OC(C)(C)C)C(=O)N1S(=O)(=O)[O-].[Na+]. The van der Waals surface area contributed by atoms with Crippen LogP contribution in [0.15, 0.2) is 0 Å². The monoisotopic (exact) mass is 302 g/mol. The summed E-state index contributed by atoms with van der Waals surface area (Å²) in [7, 11) is -4.85. The number of nitrogens with zero attached hydrogens (tertiary/aromatic N) is 2. The summed E-state index contributed by atoms with van der Waals surface area (Å²) in [5, 5.41) is 0.745. The second-order valence-electron chi connectivity index (χ2n) is 4.95. The van der Waals surface area contributed by atoms with Crippen LogP contribution in [0.25, 0.3) is 0 Å². The number of amides is 2. The smallest absolute Gasteiger partial charge is 0.731 e. The molecule has 1 rings (SSSR count). The van der Waals surface area contributed by atoms with E-state index >= 15 is 0 Å². The van der Waals surface area contributed by atoms with Gasteiger partial charge in [-0.1, -0.05) is 0 Å². The third-order valence-electron chi connectivity index (χ3n) is 2.30. The third-order valence-corrected chi connectivity index (χ3v) is 3.29. The van der Waals surface area contributed by atoms with Crippen LogP contribution in [0.5, 0.6) is 0 Å². The number of hydrogen-bond donors (Lipinski definition) is 0. The second-order valence-corrected chi connectivity index (χ2v) is 6.20. The van der Waals surface area contributed by atoms with Crippen LogP contribution in [0, 0.1) is 0 Å². The van der Waals surface area contributed by atoms with Crippen LogP contribution in [0.4, 0.5) is 0 Å². The number of carbonyl (C=O) groups is 2. The van der Waals surface area contributed by atoms with Crippen LogP contribution in [-0.4, -0.2) is 52.3 Å². The second kappa shape index (κ2) is 6.06. The van der Waals surface area contributed by atoms with Gasteiger partial charge in [-0.25, -0.2) is 17.8 Å². The van der Waals surface area contributed by atoms with Crippen LogP contribution >= 0.6 is 0 Å². The van der Waals surface area contributed by atoms with Gasteiger partial charge < -0.3 is 4.55 Å². The Hall–Kier alpha value is -0.190. The van der Waals surface area contributed by atoms with Crippen LogP contribution in [0.1, 0.15) is 27.7 Å². The van der Waals surface area contributed by atoms with Gasteiger partial charge in [0.15, 0.2) is 16.3 Å². The fourth-order valence-electron chi connectivity index (χ4n) is 1.68. The van der Waals surface area contributed by atoms with Crippen molar-refractivity contribution in [2.45, 2.75) is 45.4 Å². The van der Waals surface area contributed by atoms with E-state index in [1.807, 2.05) is 0 Å². The van der Waals surface area contributed by atoms with Gasteiger partial charge in [0.25, 0.3) is 5.91 Å². The van der Waals surface area contributed by atoms with Crippen molar-refractivity contribution >= 4 is 22.6 Å². The molecule has 0 saturated carbocycles. The molecular formula is C9H15N2NaO6S. The van der Waals surface area contributed by atoms with Crippen molar-refractivity contribution in [2.75, 3.05) is 0 Å². The van der Waals surface area contributed by atoms with Gasteiger partial charge in [0.1, 0.15) is 0 Å². The fraction of sp³-hybridized carbons (Fsp3) is 0.778. The maximum atomic E-state index is 11.6. The molecule has 8 nitrogen and oxygen atoms in total. The van der Waals surface area contributed by atoms with Crippen LogP contribution in [0.3, 0.4) is 0 Å². The average molecular weight is 302 g/mol. The topological polar surface area (TPSA) is 107 Å². The van der Waals surface area contributed by atoms with E-state index in [9.17, 15) is 22.6 Å². The van der Waals surface area contributed by atoms with Crippen molar-refractivity contribution in [2.24, 2.45) is 0 Å². The quantitative estimate of drug-likeness (QED) is 0.173. The number of β-lactam (4-membered cyclic amide) rings is 1. The molecule has 0 radical (unpaired) electrons. The Morgan fingerprint density at radius 1 is 1.42 bits per heavy atom. The molecule has 1 saturated heterocycles. The molecule has 104 valence electrons. The molecule has 2 amide bonds. The summed E-state index contributed by atoms with van der Waals surface area (Å²) in [6, 6.07) is -2.03. The van der Waals surface area contributed by atoms with Crippen molar-refractivity contribution in [1.29, 1.82) is 0 Å². The van der Waals surface area contributed by atoms with Crippen molar-refractivity contribution in [3.8, 4) is 0 Å². The summed E-state index contributed by atoms with van der Waals surface area (Å²) in [5.74, 6) is -0.964. The number of hydroxylamine groups is 2. The molecule has 1 unspecified atom stereocenters. The van der Waals surface area contributed by atoms with E-state index in [1.54, 1.807) is 20.8 Å². The molecule has 1 fully saturated rings. The van der Waals surface area contributed by atoms with E-state index in [0.29, 0.717) is 6.41 Å². The summed E-state index contributed by atoms with van der Waals surface area (Å²) in [4.78, 5) is 27.7. The van der Waals surface area contributed by atoms with E-state index in [4.69, 9.17) is 4.84 Å². The summed E-state index contributed by atoms with van der Waals surface area (Å²) >= 11 is 0. The van der Waals surface area contributed by atoms with Crippen LogP contribution < -0.4 is 29.6 Å². The number of rotatable bonds is 4. The van der Waals surface area contributed by atoms with Gasteiger partial charge in [-0.15, -0.1) is 0 Å². The van der Waals surface area contributed by atoms with E-state index in [0.717, 1.165) is 5.06 Å². The van der Waals surface area contributed by atoms with Gasteiger partial charge in [0.05, 0.1) is 11.6 Å². The molecule has 1 aliphatic rings. The molecule has 0 bridgehead atoms. The molecule has 1 aliphatic heterocycles. The fourth-order valence-corrected chi connectivity index (χ4v) is 2.53. The molecule has 0 aromatic rings. The molecular weight excluding hydrogens is 287 g/mol. The molecule has 10 heteroatoms. The zero-order valence-electron chi connectivity index (χ0n) is 11.5. The first-order valence-corrected chi connectivity index (χ1v) is 6.57. The van der Waals surface area contributed by atoms with Crippen LogP contribution in [0.2, 0.25) is 0 Å². The normalized spacial score (nSPS) is 23.4. The molecule has 0 aliphatic carbocycles. The zero-order chi connectivity index (χ0) is 14.3. The largest absolute Gasteiger partial charge is 1.00 e. The number of carbonyl (C=O) groups excluding carboxylic acids is 2. The van der Waals surface area contributed by atoms with Gasteiger partial charge in [0, 0.05) is 0 Å². The predicted molar refractivity (Wildman–Crippen MR) is 58.5 cm³/mol. The van der Waals surface area contributed by atoms with E-state index in [1.165, 1.54) is 6.92 Å². The molecule has 0 spiro atoms. The molecule has 19 heavy (non-hydrogen) atoms. The zero-order valence-corrected chi connectivity index (χ0v) is 14.3. The molecule has 0 aromatic carbocycles. The molecule has 0 N–H and O–H groups in total. The molecule has 0 aromatic heterocycles. The predicted octanol–water partition coefficient (Wildman–Crippen LogP) is -3.76. The summed E-state index contributed by atoms with van der Waals surface area (Å²) in [5.41, 5.74) is -0.725. The van der Waals surface area contributed by atoms with E-state index < -0.39 is 33.9 Å². The summed E-state index contributed by atoms with van der Waals surface area (Å²) in [6.45, 7) is 6.35. The third kappa shape index (κ3) is 4.14. The minimum Gasteiger partial charge on any atom is -0.731 e. The minimum absolute atomic E-state index is 0. The summed E-state index contributed by atoms with van der Waals surface area (Å²) in [6.07, 6.45) is 0.291. The van der Waals surface area contributed by atoms with Gasteiger partial charge in [-0.3, -0.25) is 14.4 Å². The van der Waals surface area contributed by atoms with Gasteiger partial charge in [-0.05, 0) is 27.7 Å². The average Bonchev–Trinajstić information content (AvgIpc) is 2.12. The van der Waals surface area contributed by atoms with Crippen molar-refractivity contribution < 1.29 is 57.0 Å².